The third-order valence-electron chi connectivity index (χ3n) is 10.7. The van der Waals surface area contributed by atoms with Crippen LogP contribution < -0.4 is 16.4 Å². The smallest absolute Gasteiger partial charge is 0.270 e. The average molecular weight is 786 g/mol. The molecule has 2 aliphatic heterocycles. The molecule has 4 atom stereocenters. The lowest BCUT2D eigenvalue weighted by Gasteiger charge is -2.39. The highest BCUT2D eigenvalue weighted by atomic mass is 32.1. The lowest BCUT2D eigenvalue weighted by Crippen LogP contribution is -2.60. The van der Waals surface area contributed by atoms with Crippen molar-refractivity contribution in [3.8, 4) is 0 Å². The molecule has 0 unspecified atom stereocenters. The number of ketones is 1. The van der Waals surface area contributed by atoms with Gasteiger partial charge in [0.25, 0.3) is 11.8 Å². The maximum Gasteiger partial charge on any atom is 0.270 e. The van der Waals surface area contributed by atoms with Crippen LogP contribution in [-0.2, 0) is 29.9 Å². The van der Waals surface area contributed by atoms with Crippen LogP contribution >= 0.6 is 11.3 Å². The third kappa shape index (κ3) is 9.30. The number of alkyl halides is 2. The number of thiophene rings is 1. The number of Topliss-reactive ketones (excluding diaryl/α,β-unsaturated/α-hetero) is 1. The van der Waals surface area contributed by atoms with Crippen LogP contribution in [-0.4, -0.2) is 82.4 Å². The van der Waals surface area contributed by atoms with Crippen molar-refractivity contribution in [2.24, 2.45) is 5.73 Å². The minimum absolute atomic E-state index is 0.0231. The predicted octanol–water partition coefficient (Wildman–Crippen LogP) is 5.26. The second kappa shape index (κ2) is 17.1. The van der Waals surface area contributed by atoms with E-state index in [1.54, 1.807) is 4.90 Å². The van der Waals surface area contributed by atoms with Crippen molar-refractivity contribution in [1.82, 2.24) is 20.4 Å². The number of carbonyl (C=O) groups excluding carboxylic acids is 6. The van der Waals surface area contributed by atoms with E-state index in [1.807, 2.05) is 60.7 Å². The van der Waals surface area contributed by atoms with Gasteiger partial charge in [0.1, 0.15) is 12.1 Å². The average Bonchev–Trinajstić information content (AvgIpc) is 3.80. The maximum atomic E-state index is 14.4. The first-order chi connectivity index (χ1) is 26.7. The van der Waals surface area contributed by atoms with Gasteiger partial charge in [-0.25, -0.2) is 8.78 Å². The van der Waals surface area contributed by atoms with Crippen molar-refractivity contribution in [3.05, 3.63) is 106 Å². The van der Waals surface area contributed by atoms with Gasteiger partial charge in [-0.1, -0.05) is 66.7 Å². The minimum atomic E-state index is -3.07. The Kier molecular flexibility index (Phi) is 12.3. The number of nitrogens with zero attached hydrogens (tertiary/aromatic N) is 2. The van der Waals surface area contributed by atoms with Crippen molar-refractivity contribution >= 4 is 56.7 Å². The summed E-state index contributed by atoms with van der Waals surface area (Å²) in [5, 5.41) is 6.10. The molecule has 4 N–H and O–H groups in total. The molecule has 0 radical (unpaired) electrons. The summed E-state index contributed by atoms with van der Waals surface area (Å²) >= 11 is 1.10. The topological polar surface area (TPSA) is 159 Å². The fraction of sp³-hybridized carbons (Fsp3) is 0.381. The van der Waals surface area contributed by atoms with Crippen molar-refractivity contribution in [2.45, 2.75) is 88.4 Å². The molecule has 0 saturated carbocycles. The van der Waals surface area contributed by atoms with Crippen molar-refractivity contribution in [2.75, 3.05) is 13.1 Å². The number of nitrogens with one attached hydrogen (secondary N) is 2. The molecule has 3 heterocycles. The molecule has 2 saturated heterocycles. The molecule has 4 aromatic rings. The Hall–Kier alpha value is -5.50. The molecule has 2 fully saturated rings. The third-order valence-corrected chi connectivity index (χ3v) is 11.8. The van der Waals surface area contributed by atoms with Gasteiger partial charge in [0, 0.05) is 56.0 Å². The highest BCUT2D eigenvalue weighted by molar-refractivity contribution is 7.20. The lowest BCUT2D eigenvalue weighted by atomic mass is 9.85. The van der Waals surface area contributed by atoms with E-state index < -0.39 is 53.7 Å². The zero-order valence-corrected chi connectivity index (χ0v) is 32.0. The zero-order chi connectivity index (χ0) is 40.1. The molecule has 11 nitrogen and oxygen atoms in total. The monoisotopic (exact) mass is 785 g/mol. The number of nitrogens with two attached hydrogens (primary N) is 1. The molecule has 14 heteroatoms. The summed E-state index contributed by atoms with van der Waals surface area (Å²) in [6.45, 7) is 2.58. The van der Waals surface area contributed by atoms with Crippen LogP contribution in [0.15, 0.2) is 84.9 Å². The van der Waals surface area contributed by atoms with E-state index >= 15 is 0 Å². The maximum absolute atomic E-state index is 14.4. The molecule has 5 amide bonds. The number of rotatable bonds is 13. The molecule has 0 bridgehead atoms. The lowest BCUT2D eigenvalue weighted by molar-refractivity contribution is -0.145. The normalized spacial score (nSPS) is 19.2. The Bertz CT molecular complexity index is 2070. The number of hydrogen-bond donors (Lipinski definition) is 3. The Balaban J connectivity index is 1.23. The Morgan fingerprint density at radius 2 is 1.59 bits per heavy atom. The fourth-order valence-electron chi connectivity index (χ4n) is 7.68. The van der Waals surface area contributed by atoms with Gasteiger partial charge in [-0.2, -0.15) is 0 Å². The van der Waals surface area contributed by atoms with E-state index in [4.69, 9.17) is 5.73 Å². The fourth-order valence-corrected chi connectivity index (χ4v) is 8.62. The van der Waals surface area contributed by atoms with E-state index in [-0.39, 0.29) is 73.2 Å². The van der Waals surface area contributed by atoms with Crippen molar-refractivity contribution in [1.29, 1.82) is 0 Å². The van der Waals surface area contributed by atoms with Gasteiger partial charge in [-0.3, -0.25) is 28.8 Å². The number of hydrogen-bond acceptors (Lipinski definition) is 7. The summed E-state index contributed by atoms with van der Waals surface area (Å²) in [7, 11) is 0. The molecule has 56 heavy (non-hydrogen) atoms. The molecule has 294 valence electrons. The summed E-state index contributed by atoms with van der Waals surface area (Å²) < 4.78 is 28.6. The first-order valence-electron chi connectivity index (χ1n) is 18.7. The highest BCUT2D eigenvalue weighted by Gasteiger charge is 2.46. The van der Waals surface area contributed by atoms with Gasteiger partial charge in [0.2, 0.25) is 23.6 Å². The second-order valence-electron chi connectivity index (χ2n) is 14.6. The SMILES string of the molecule is CC(=O)N1CC[C@H](NC(=O)c2cc3cc(C(C)(F)F)ccc3s2)C(=O)N2[C@H](CC[C@H]2C(=O)N[C@@H](CCC(N)=O)C(=O)CC(c2ccccc2)c2ccccc2)C1. The van der Waals surface area contributed by atoms with Crippen LogP contribution in [0, 0.1) is 0 Å². The van der Waals surface area contributed by atoms with Gasteiger partial charge in [0.15, 0.2) is 5.78 Å². The van der Waals surface area contributed by atoms with Gasteiger partial charge in [-0.15, -0.1) is 11.3 Å². The van der Waals surface area contributed by atoms with Crippen LogP contribution in [0.2, 0.25) is 0 Å². The minimum Gasteiger partial charge on any atom is -0.370 e. The largest absolute Gasteiger partial charge is 0.370 e. The summed E-state index contributed by atoms with van der Waals surface area (Å²) in [5.41, 5.74) is 7.10. The number of carbonyl (C=O) groups is 6. The Morgan fingerprint density at radius 1 is 0.929 bits per heavy atom. The standard InChI is InChI=1S/C42H45F2N5O6S/c1-25(50)48-20-19-33(47-40(54)37-22-28-21-29(42(2,43)44)13-17-36(28)56-37)41(55)49-30(24-48)14-16-34(49)39(53)46-32(15-18-38(45)52)35(51)23-31(26-9-5-3-6-10-26)27-11-7-4-8-12-27/h3-13,17,21-22,30-34H,14-16,18-20,23-24H2,1-2H3,(H2,45,52)(H,46,53)(H,47,54)/t30-,32+,33+,34+/m1/s1. The molecule has 3 aromatic carbocycles. The molecule has 2 aliphatic rings. The molecular weight excluding hydrogens is 741 g/mol. The summed E-state index contributed by atoms with van der Waals surface area (Å²) in [6.07, 6.45) is 0.523. The molecule has 0 spiro atoms. The van der Waals surface area contributed by atoms with Crippen LogP contribution in [0.1, 0.15) is 84.7 Å². The summed E-state index contributed by atoms with van der Waals surface area (Å²) in [4.78, 5) is 84.1. The number of benzene rings is 3. The number of halogens is 2. The second-order valence-corrected chi connectivity index (χ2v) is 15.7. The van der Waals surface area contributed by atoms with Gasteiger partial charge >= 0.3 is 0 Å². The van der Waals surface area contributed by atoms with Crippen molar-refractivity contribution < 1.29 is 37.5 Å². The molecule has 1 aromatic heterocycles. The van der Waals surface area contributed by atoms with Crippen molar-refractivity contribution in [3.63, 3.8) is 0 Å². The Labute approximate surface area is 327 Å². The summed E-state index contributed by atoms with van der Waals surface area (Å²) in [6, 6.07) is 20.9. The summed E-state index contributed by atoms with van der Waals surface area (Å²) in [5.74, 6) is -6.26. The van der Waals surface area contributed by atoms with Crippen LogP contribution in [0.5, 0.6) is 0 Å². The first kappa shape index (κ1) is 40.2. The zero-order valence-electron chi connectivity index (χ0n) is 31.2. The first-order valence-corrected chi connectivity index (χ1v) is 19.5. The Morgan fingerprint density at radius 3 is 2.20 bits per heavy atom. The van der Waals surface area contributed by atoms with E-state index in [0.717, 1.165) is 29.4 Å². The van der Waals surface area contributed by atoms with Gasteiger partial charge in [0.05, 0.1) is 17.0 Å². The van der Waals surface area contributed by atoms with Crippen LogP contribution in [0.3, 0.4) is 0 Å². The number of amides is 5. The quantitative estimate of drug-likeness (QED) is 0.168. The number of fused-ring (bicyclic) bond motifs is 2. The van der Waals surface area contributed by atoms with Crippen LogP contribution in [0.25, 0.3) is 10.1 Å². The van der Waals surface area contributed by atoms with E-state index in [2.05, 4.69) is 10.6 Å². The van der Waals surface area contributed by atoms with E-state index in [0.29, 0.717) is 16.5 Å². The van der Waals surface area contributed by atoms with E-state index in [9.17, 15) is 37.5 Å². The van der Waals surface area contributed by atoms with Gasteiger partial charge in [-0.05, 0) is 60.4 Å². The number of primary amides is 1. The van der Waals surface area contributed by atoms with E-state index in [1.165, 1.54) is 36.1 Å². The highest BCUT2D eigenvalue weighted by Crippen LogP contribution is 2.34. The molecule has 0 aliphatic carbocycles. The van der Waals surface area contributed by atoms with Gasteiger partial charge < -0.3 is 26.2 Å². The van der Waals surface area contributed by atoms with Crippen LogP contribution in [0.4, 0.5) is 8.78 Å². The molecule has 6 rings (SSSR count). The predicted molar refractivity (Wildman–Crippen MR) is 208 cm³/mol. The molecular formula is C42H45F2N5O6S.